The summed E-state index contributed by atoms with van der Waals surface area (Å²) in [6.45, 7) is 6.59. The molecule has 27 heavy (non-hydrogen) atoms. The first-order valence-electron chi connectivity index (χ1n) is 9.34. The van der Waals surface area contributed by atoms with Gasteiger partial charge in [0, 0.05) is 52.5 Å². The minimum absolute atomic E-state index is 0.277. The number of methoxy groups -OCH3 is 1. The molecule has 1 fully saturated rings. The molecule has 1 aliphatic rings. The van der Waals surface area contributed by atoms with Crippen LogP contribution in [0.1, 0.15) is 30.9 Å². The van der Waals surface area contributed by atoms with E-state index >= 15 is 0 Å². The third-order valence-corrected chi connectivity index (χ3v) is 4.42. The lowest BCUT2D eigenvalue weighted by molar-refractivity contribution is -0.137. The van der Waals surface area contributed by atoms with Crippen molar-refractivity contribution >= 4 is 5.96 Å². The predicted molar refractivity (Wildman–Crippen MR) is 101 cm³/mol. The minimum Gasteiger partial charge on any atom is -0.385 e. The van der Waals surface area contributed by atoms with Crippen molar-refractivity contribution in [2.75, 3.05) is 39.9 Å². The van der Waals surface area contributed by atoms with Gasteiger partial charge < -0.3 is 15.4 Å². The number of nitrogens with zero attached hydrogens (tertiary/aromatic N) is 2. The molecule has 1 atom stereocenters. The van der Waals surface area contributed by atoms with Crippen LogP contribution in [0.4, 0.5) is 13.2 Å². The van der Waals surface area contributed by atoms with Crippen LogP contribution >= 0.6 is 0 Å². The molecule has 1 saturated heterocycles. The van der Waals surface area contributed by atoms with Crippen LogP contribution in [0, 0.1) is 0 Å². The number of benzene rings is 1. The van der Waals surface area contributed by atoms with Crippen molar-refractivity contribution in [1.82, 2.24) is 15.5 Å². The molecule has 5 nitrogen and oxygen atoms in total. The normalized spacial score (nSPS) is 18.7. The van der Waals surface area contributed by atoms with Gasteiger partial charge in [0.2, 0.25) is 0 Å². The summed E-state index contributed by atoms with van der Waals surface area (Å²) in [5.41, 5.74) is 0.288. The fourth-order valence-electron chi connectivity index (χ4n) is 3.06. The fraction of sp³-hybridized carbons (Fsp3) is 0.632. The molecule has 1 unspecified atom stereocenters. The number of likely N-dealkylation sites (tertiary alicyclic amines) is 1. The highest BCUT2D eigenvalue weighted by Gasteiger charge is 2.30. The van der Waals surface area contributed by atoms with Crippen LogP contribution in [-0.2, 0) is 17.5 Å². The highest BCUT2D eigenvalue weighted by Crippen LogP contribution is 2.29. The summed E-state index contributed by atoms with van der Waals surface area (Å²) < 4.78 is 43.0. The van der Waals surface area contributed by atoms with Crippen molar-refractivity contribution in [1.29, 1.82) is 0 Å². The average molecular weight is 386 g/mol. The van der Waals surface area contributed by atoms with Gasteiger partial charge in [-0.15, -0.1) is 0 Å². The Bertz CT molecular complexity index is 590. The summed E-state index contributed by atoms with van der Waals surface area (Å²) in [5.74, 6) is 0.801. The van der Waals surface area contributed by atoms with E-state index in [1.165, 1.54) is 0 Å². The first kappa shape index (κ1) is 21.5. The lowest BCUT2D eigenvalue weighted by atomic mass is 10.1. The number of hydrogen-bond donors (Lipinski definition) is 2. The van der Waals surface area contributed by atoms with Crippen LogP contribution in [-0.4, -0.2) is 56.8 Å². The molecule has 1 aliphatic heterocycles. The number of halogens is 3. The molecule has 0 aliphatic carbocycles. The average Bonchev–Trinajstić information content (AvgIpc) is 3.05. The van der Waals surface area contributed by atoms with E-state index in [4.69, 9.17) is 4.74 Å². The van der Waals surface area contributed by atoms with Gasteiger partial charge in [-0.2, -0.15) is 13.2 Å². The largest absolute Gasteiger partial charge is 0.416 e. The Balaban J connectivity index is 1.82. The smallest absolute Gasteiger partial charge is 0.385 e. The maximum atomic E-state index is 12.6. The molecule has 8 heteroatoms. The Morgan fingerprint density at radius 1 is 1.30 bits per heavy atom. The SMILES string of the molecule is CCNC(=NCCCOC)NC1CCN(Cc2ccc(C(F)(F)F)cc2)C1. The van der Waals surface area contributed by atoms with Gasteiger partial charge in [-0.3, -0.25) is 9.89 Å². The molecule has 152 valence electrons. The molecule has 0 saturated carbocycles. The van der Waals surface area contributed by atoms with Crippen molar-refractivity contribution in [2.24, 2.45) is 4.99 Å². The standard InChI is InChI=1S/C19H29F3N4O/c1-3-23-18(24-10-4-12-27-2)25-17-9-11-26(14-17)13-15-5-7-16(8-6-15)19(20,21)22/h5-8,17H,3-4,9-14H2,1-2H3,(H2,23,24,25). The Morgan fingerprint density at radius 2 is 2.04 bits per heavy atom. The maximum absolute atomic E-state index is 12.6. The summed E-state index contributed by atoms with van der Waals surface area (Å²) in [7, 11) is 1.68. The van der Waals surface area contributed by atoms with Crippen molar-refractivity contribution in [2.45, 2.75) is 38.5 Å². The zero-order chi connectivity index (χ0) is 19.7. The van der Waals surface area contributed by atoms with Gasteiger partial charge in [-0.25, -0.2) is 0 Å². The van der Waals surface area contributed by atoms with Gasteiger partial charge in [0.05, 0.1) is 5.56 Å². The second-order valence-corrected chi connectivity index (χ2v) is 6.67. The summed E-state index contributed by atoms with van der Waals surface area (Å²) in [6.07, 6.45) is -2.44. The van der Waals surface area contributed by atoms with Crippen molar-refractivity contribution < 1.29 is 17.9 Å². The number of aliphatic imine (C=N–C) groups is 1. The van der Waals surface area contributed by atoms with Gasteiger partial charge in [0.1, 0.15) is 0 Å². The van der Waals surface area contributed by atoms with Crippen molar-refractivity contribution in [3.8, 4) is 0 Å². The minimum atomic E-state index is -4.29. The lowest BCUT2D eigenvalue weighted by Gasteiger charge is -2.19. The molecule has 2 N–H and O–H groups in total. The third-order valence-electron chi connectivity index (χ3n) is 4.42. The fourth-order valence-corrected chi connectivity index (χ4v) is 3.06. The molecule has 0 aromatic heterocycles. The highest BCUT2D eigenvalue weighted by molar-refractivity contribution is 5.80. The zero-order valence-electron chi connectivity index (χ0n) is 16.0. The number of rotatable bonds is 8. The number of alkyl halides is 3. The molecular weight excluding hydrogens is 357 g/mol. The topological polar surface area (TPSA) is 48.9 Å². The number of nitrogens with one attached hydrogen (secondary N) is 2. The quantitative estimate of drug-likeness (QED) is 0.410. The number of ether oxygens (including phenoxy) is 1. The van der Waals surface area contributed by atoms with E-state index < -0.39 is 11.7 Å². The summed E-state index contributed by atoms with van der Waals surface area (Å²) >= 11 is 0. The van der Waals surface area contributed by atoms with Gasteiger partial charge >= 0.3 is 6.18 Å². The monoisotopic (exact) mass is 386 g/mol. The molecule has 0 spiro atoms. The first-order valence-corrected chi connectivity index (χ1v) is 9.34. The molecule has 0 amide bonds. The van der Waals surface area contributed by atoms with E-state index in [1.54, 1.807) is 19.2 Å². The molecule has 1 heterocycles. The highest BCUT2D eigenvalue weighted by atomic mass is 19.4. The Hall–Kier alpha value is -1.80. The molecule has 2 rings (SSSR count). The summed E-state index contributed by atoms with van der Waals surface area (Å²) in [6, 6.07) is 5.70. The van der Waals surface area contributed by atoms with Crippen molar-refractivity contribution in [3.63, 3.8) is 0 Å². The maximum Gasteiger partial charge on any atom is 0.416 e. The van der Waals surface area contributed by atoms with E-state index in [1.807, 2.05) is 6.92 Å². The zero-order valence-corrected chi connectivity index (χ0v) is 16.0. The lowest BCUT2D eigenvalue weighted by Crippen LogP contribution is -2.44. The Kier molecular flexibility index (Phi) is 8.37. The van der Waals surface area contributed by atoms with Crippen LogP contribution in [0.5, 0.6) is 0 Å². The molecule has 1 aromatic carbocycles. The molecule has 1 aromatic rings. The number of guanidine groups is 1. The third kappa shape index (κ3) is 7.38. The Morgan fingerprint density at radius 3 is 2.67 bits per heavy atom. The van der Waals surface area contributed by atoms with E-state index in [-0.39, 0.29) is 6.04 Å². The van der Waals surface area contributed by atoms with Crippen LogP contribution in [0.15, 0.2) is 29.3 Å². The van der Waals surface area contributed by atoms with Crippen LogP contribution in [0.3, 0.4) is 0 Å². The van der Waals surface area contributed by atoms with Crippen LogP contribution in [0.2, 0.25) is 0 Å². The predicted octanol–water partition coefficient (Wildman–Crippen LogP) is 2.87. The Labute approximate surface area is 159 Å². The van der Waals surface area contributed by atoms with Gasteiger partial charge in [0.25, 0.3) is 0 Å². The second kappa shape index (κ2) is 10.5. The van der Waals surface area contributed by atoms with E-state index in [2.05, 4.69) is 20.5 Å². The van der Waals surface area contributed by atoms with Gasteiger partial charge in [-0.1, -0.05) is 12.1 Å². The van der Waals surface area contributed by atoms with E-state index in [9.17, 15) is 13.2 Å². The first-order chi connectivity index (χ1) is 12.9. The molecule has 0 radical (unpaired) electrons. The summed E-state index contributed by atoms with van der Waals surface area (Å²) in [4.78, 5) is 6.79. The van der Waals surface area contributed by atoms with Crippen LogP contribution in [0.25, 0.3) is 0 Å². The molecular formula is C19H29F3N4O. The van der Waals surface area contributed by atoms with Crippen LogP contribution < -0.4 is 10.6 Å². The summed E-state index contributed by atoms with van der Waals surface area (Å²) in [5, 5.41) is 6.69. The number of hydrogen-bond acceptors (Lipinski definition) is 3. The second-order valence-electron chi connectivity index (χ2n) is 6.67. The van der Waals surface area contributed by atoms with Gasteiger partial charge in [0.15, 0.2) is 5.96 Å². The van der Waals surface area contributed by atoms with Crippen molar-refractivity contribution in [3.05, 3.63) is 35.4 Å². The van der Waals surface area contributed by atoms with Gasteiger partial charge in [-0.05, 0) is 37.5 Å². The van der Waals surface area contributed by atoms with E-state index in [0.717, 1.165) is 56.1 Å². The van der Waals surface area contributed by atoms with E-state index in [0.29, 0.717) is 19.7 Å². The molecule has 0 bridgehead atoms.